The van der Waals surface area contributed by atoms with Crippen molar-refractivity contribution in [1.82, 2.24) is 0 Å². The Balaban J connectivity index is 2.60. The lowest BCUT2D eigenvalue weighted by Gasteiger charge is -2.27. The number of rotatable bonds is 5. The fraction of sp³-hybridized carbons (Fsp3) is 0.368. The molecule has 1 heterocycles. The van der Waals surface area contributed by atoms with Crippen LogP contribution >= 0.6 is 0 Å². The second kappa shape index (κ2) is 7.69. The molecule has 0 amide bonds. The minimum absolute atomic E-state index is 0.0481. The third kappa shape index (κ3) is 3.28. The molecule has 1 atom stereocenters. The summed E-state index contributed by atoms with van der Waals surface area (Å²) in [6.45, 7) is 5.94. The number of esters is 1. The van der Waals surface area contributed by atoms with Crippen LogP contribution in [0.15, 0.2) is 47.1 Å². The fourth-order valence-corrected chi connectivity index (χ4v) is 2.79. The molecule has 0 unspecified atom stereocenters. The number of benzene rings is 1. The van der Waals surface area contributed by atoms with Gasteiger partial charge in [-0.3, -0.25) is 0 Å². The molecule has 1 aromatic carbocycles. The molecule has 1 aliphatic rings. The van der Waals surface area contributed by atoms with Crippen LogP contribution in [0.4, 0.5) is 0 Å². The normalized spacial score (nSPS) is 17.3. The molecule has 5 heteroatoms. The maximum atomic E-state index is 12.5. The van der Waals surface area contributed by atoms with Crippen LogP contribution in [-0.4, -0.2) is 12.6 Å². The molecule has 0 aromatic heterocycles. The van der Waals surface area contributed by atoms with Crippen LogP contribution < -0.4 is 5.73 Å². The minimum Gasteiger partial charge on any atom is -0.463 e. The van der Waals surface area contributed by atoms with Crippen LogP contribution in [0.2, 0.25) is 0 Å². The van der Waals surface area contributed by atoms with E-state index in [-0.39, 0.29) is 18.1 Å². The number of carbonyl (C=O) groups is 1. The number of aryl methyl sites for hydroxylation is 1. The quantitative estimate of drug-likeness (QED) is 0.839. The Kier molecular flexibility index (Phi) is 5.64. The van der Waals surface area contributed by atoms with Crippen molar-refractivity contribution < 1.29 is 14.3 Å². The summed E-state index contributed by atoms with van der Waals surface area (Å²) in [5.41, 5.74) is 8.52. The van der Waals surface area contributed by atoms with Gasteiger partial charge in [0, 0.05) is 6.42 Å². The van der Waals surface area contributed by atoms with Gasteiger partial charge in [0.05, 0.1) is 18.1 Å². The third-order valence-corrected chi connectivity index (χ3v) is 4.03. The summed E-state index contributed by atoms with van der Waals surface area (Å²) in [7, 11) is 0. The van der Waals surface area contributed by atoms with Crippen LogP contribution in [0.3, 0.4) is 0 Å². The van der Waals surface area contributed by atoms with Crippen LogP contribution in [-0.2, 0) is 20.7 Å². The summed E-state index contributed by atoms with van der Waals surface area (Å²) in [4.78, 5) is 12.5. The van der Waals surface area contributed by atoms with E-state index in [1.807, 2.05) is 31.2 Å². The summed E-state index contributed by atoms with van der Waals surface area (Å²) in [5, 5.41) is 9.54. The van der Waals surface area contributed by atoms with Crippen molar-refractivity contribution in [2.45, 2.75) is 39.5 Å². The molecular weight excluding hydrogens is 304 g/mol. The topological polar surface area (TPSA) is 85.3 Å². The van der Waals surface area contributed by atoms with Crippen LogP contribution in [0.25, 0.3) is 0 Å². The predicted octanol–water partition coefficient (Wildman–Crippen LogP) is 3.28. The van der Waals surface area contributed by atoms with Crippen molar-refractivity contribution in [3.05, 3.63) is 58.2 Å². The fourth-order valence-electron chi connectivity index (χ4n) is 2.79. The molecule has 2 rings (SSSR count). The molecule has 0 aliphatic carbocycles. The number of carbonyl (C=O) groups excluding carboxylic acids is 1. The highest BCUT2D eigenvalue weighted by Gasteiger charge is 2.36. The Morgan fingerprint density at radius 2 is 1.92 bits per heavy atom. The van der Waals surface area contributed by atoms with E-state index >= 15 is 0 Å². The van der Waals surface area contributed by atoms with Gasteiger partial charge in [0.1, 0.15) is 17.4 Å². The Hall–Kier alpha value is -2.74. The van der Waals surface area contributed by atoms with E-state index in [0.29, 0.717) is 17.8 Å². The smallest absolute Gasteiger partial charge is 0.338 e. The van der Waals surface area contributed by atoms with Gasteiger partial charge in [-0.25, -0.2) is 4.79 Å². The molecule has 0 fully saturated rings. The zero-order valence-corrected chi connectivity index (χ0v) is 14.3. The molecule has 1 aromatic rings. The highest BCUT2D eigenvalue weighted by atomic mass is 16.5. The van der Waals surface area contributed by atoms with E-state index < -0.39 is 11.9 Å². The SMILES string of the molecule is CCOC(=O)C1=C(CC)OC(N)=C(C#N)[C@@H]1c1ccc(CC)cc1. The zero-order valence-electron chi connectivity index (χ0n) is 14.3. The zero-order chi connectivity index (χ0) is 17.7. The van der Waals surface area contributed by atoms with Gasteiger partial charge < -0.3 is 15.2 Å². The molecule has 0 bridgehead atoms. The van der Waals surface area contributed by atoms with Crippen LogP contribution in [0, 0.1) is 11.3 Å². The lowest BCUT2D eigenvalue weighted by molar-refractivity contribution is -0.139. The van der Waals surface area contributed by atoms with E-state index in [0.717, 1.165) is 12.0 Å². The average Bonchev–Trinajstić information content (AvgIpc) is 2.60. The van der Waals surface area contributed by atoms with Gasteiger partial charge in [-0.2, -0.15) is 5.26 Å². The predicted molar refractivity (Wildman–Crippen MR) is 90.4 cm³/mol. The van der Waals surface area contributed by atoms with Crippen LogP contribution in [0.1, 0.15) is 44.2 Å². The Morgan fingerprint density at radius 1 is 1.25 bits per heavy atom. The van der Waals surface area contributed by atoms with Gasteiger partial charge in [-0.15, -0.1) is 0 Å². The minimum atomic E-state index is -0.566. The molecule has 0 saturated heterocycles. The summed E-state index contributed by atoms with van der Waals surface area (Å²) >= 11 is 0. The van der Waals surface area contributed by atoms with Crippen molar-refractivity contribution in [1.29, 1.82) is 5.26 Å². The number of nitrogens with zero attached hydrogens (tertiary/aromatic N) is 1. The molecular formula is C19H22N2O3. The summed E-state index contributed by atoms with van der Waals surface area (Å²) in [6.07, 6.45) is 1.40. The standard InChI is InChI=1S/C19H22N2O3/c1-4-12-7-9-13(10-8-12)16-14(11-20)18(21)24-15(5-2)17(16)19(22)23-6-3/h7-10,16H,4-6,21H2,1-3H3/t16-/m0/s1. The molecule has 126 valence electrons. The highest BCUT2D eigenvalue weighted by Crippen LogP contribution is 2.40. The maximum Gasteiger partial charge on any atom is 0.338 e. The summed E-state index contributed by atoms with van der Waals surface area (Å²) in [5.74, 6) is -0.538. The van der Waals surface area contributed by atoms with E-state index in [4.69, 9.17) is 15.2 Å². The van der Waals surface area contributed by atoms with E-state index in [9.17, 15) is 10.1 Å². The first-order chi connectivity index (χ1) is 11.6. The number of ether oxygens (including phenoxy) is 2. The molecule has 24 heavy (non-hydrogen) atoms. The molecule has 0 radical (unpaired) electrons. The first-order valence-corrected chi connectivity index (χ1v) is 8.13. The van der Waals surface area contributed by atoms with Gasteiger partial charge in [0.2, 0.25) is 5.88 Å². The van der Waals surface area contributed by atoms with Crippen molar-refractivity contribution >= 4 is 5.97 Å². The van der Waals surface area contributed by atoms with E-state index in [2.05, 4.69) is 13.0 Å². The Labute approximate surface area is 142 Å². The monoisotopic (exact) mass is 326 g/mol. The Morgan fingerprint density at radius 3 is 2.42 bits per heavy atom. The highest BCUT2D eigenvalue weighted by molar-refractivity contribution is 5.92. The summed E-state index contributed by atoms with van der Waals surface area (Å²) < 4.78 is 10.7. The largest absolute Gasteiger partial charge is 0.463 e. The lowest BCUT2D eigenvalue weighted by Crippen LogP contribution is -2.26. The maximum absolute atomic E-state index is 12.5. The second-order valence-corrected chi connectivity index (χ2v) is 5.43. The summed E-state index contributed by atoms with van der Waals surface area (Å²) in [6, 6.07) is 9.92. The van der Waals surface area contributed by atoms with E-state index in [1.54, 1.807) is 6.92 Å². The van der Waals surface area contributed by atoms with E-state index in [1.165, 1.54) is 5.56 Å². The number of hydrogen-bond acceptors (Lipinski definition) is 5. The van der Waals surface area contributed by atoms with Crippen LogP contribution in [0.5, 0.6) is 0 Å². The van der Waals surface area contributed by atoms with Crippen molar-refractivity contribution in [2.24, 2.45) is 5.73 Å². The van der Waals surface area contributed by atoms with Gasteiger partial charge in [0.15, 0.2) is 0 Å². The molecule has 0 spiro atoms. The van der Waals surface area contributed by atoms with Gasteiger partial charge in [0.25, 0.3) is 0 Å². The first-order valence-electron chi connectivity index (χ1n) is 8.13. The number of allylic oxidation sites excluding steroid dienone is 2. The second-order valence-electron chi connectivity index (χ2n) is 5.43. The molecule has 5 nitrogen and oxygen atoms in total. The van der Waals surface area contributed by atoms with Crippen molar-refractivity contribution in [3.63, 3.8) is 0 Å². The average molecular weight is 326 g/mol. The molecule has 2 N–H and O–H groups in total. The third-order valence-electron chi connectivity index (χ3n) is 4.03. The number of nitriles is 1. The lowest BCUT2D eigenvalue weighted by atomic mass is 9.82. The number of hydrogen-bond donors (Lipinski definition) is 1. The van der Waals surface area contributed by atoms with Crippen molar-refractivity contribution in [3.8, 4) is 6.07 Å². The molecule has 1 aliphatic heterocycles. The molecule has 0 saturated carbocycles. The Bertz CT molecular complexity index is 724. The first kappa shape index (κ1) is 17.6. The van der Waals surface area contributed by atoms with Gasteiger partial charge >= 0.3 is 5.97 Å². The van der Waals surface area contributed by atoms with Crippen molar-refractivity contribution in [2.75, 3.05) is 6.61 Å². The van der Waals surface area contributed by atoms with Gasteiger partial charge in [-0.1, -0.05) is 38.1 Å². The van der Waals surface area contributed by atoms with Gasteiger partial charge in [-0.05, 0) is 24.5 Å². The number of nitrogens with two attached hydrogens (primary N) is 1.